The van der Waals surface area contributed by atoms with E-state index in [1.807, 2.05) is 0 Å². The van der Waals surface area contributed by atoms with Crippen LogP contribution in [0.25, 0.3) is 0 Å². The van der Waals surface area contributed by atoms with Crippen LogP contribution in [0.4, 0.5) is 10.1 Å². The molecule has 1 unspecified atom stereocenters. The van der Waals surface area contributed by atoms with Crippen molar-refractivity contribution in [2.45, 2.75) is 25.3 Å². The zero-order valence-electron chi connectivity index (χ0n) is 11.1. The maximum absolute atomic E-state index is 12.9. The lowest BCUT2D eigenvalue weighted by Gasteiger charge is -2.22. The fraction of sp³-hybridized carbons (Fsp3) is 0.429. The Balaban J connectivity index is 1.75. The lowest BCUT2D eigenvalue weighted by atomic mass is 10.0. The molecule has 0 spiro atoms. The summed E-state index contributed by atoms with van der Waals surface area (Å²) in [6, 6.07) is 5.40. The second kappa shape index (κ2) is 7.00. The molecule has 1 fully saturated rings. The van der Waals surface area contributed by atoms with E-state index in [-0.39, 0.29) is 24.4 Å². The molecule has 2 rings (SSSR count). The van der Waals surface area contributed by atoms with E-state index in [2.05, 4.69) is 16.0 Å². The highest BCUT2D eigenvalue weighted by molar-refractivity contribution is 5.95. The lowest BCUT2D eigenvalue weighted by molar-refractivity contribution is -0.126. The molecule has 1 saturated heterocycles. The number of rotatable bonds is 4. The predicted octanol–water partition coefficient (Wildman–Crippen LogP) is 1.02. The molecule has 0 aliphatic carbocycles. The van der Waals surface area contributed by atoms with Gasteiger partial charge in [-0.3, -0.25) is 9.59 Å². The van der Waals surface area contributed by atoms with Crippen LogP contribution in [0.5, 0.6) is 0 Å². The van der Waals surface area contributed by atoms with Gasteiger partial charge in [0, 0.05) is 5.69 Å². The number of carbonyl (C=O) groups excluding carboxylic acids is 2. The second-order valence-electron chi connectivity index (χ2n) is 4.78. The Labute approximate surface area is 116 Å². The van der Waals surface area contributed by atoms with Crippen LogP contribution in [-0.2, 0) is 9.59 Å². The Morgan fingerprint density at radius 2 is 2.20 bits per heavy atom. The Hall–Kier alpha value is -1.95. The highest BCUT2D eigenvalue weighted by atomic mass is 19.1. The highest BCUT2D eigenvalue weighted by Crippen LogP contribution is 2.09. The van der Waals surface area contributed by atoms with E-state index in [0.717, 1.165) is 25.8 Å². The van der Waals surface area contributed by atoms with Crippen LogP contribution in [-0.4, -0.2) is 30.9 Å². The molecule has 2 amide bonds. The van der Waals surface area contributed by atoms with E-state index < -0.39 is 5.82 Å². The molecule has 1 aromatic rings. The highest BCUT2D eigenvalue weighted by Gasteiger charge is 2.20. The number of benzene rings is 1. The summed E-state index contributed by atoms with van der Waals surface area (Å²) >= 11 is 0. The normalized spacial score (nSPS) is 18.4. The Morgan fingerprint density at radius 1 is 1.35 bits per heavy atom. The van der Waals surface area contributed by atoms with Gasteiger partial charge in [0.25, 0.3) is 0 Å². The van der Waals surface area contributed by atoms with Crippen LogP contribution in [0, 0.1) is 5.82 Å². The van der Waals surface area contributed by atoms with Gasteiger partial charge in [0.15, 0.2) is 0 Å². The van der Waals surface area contributed by atoms with E-state index in [0.29, 0.717) is 5.69 Å². The van der Waals surface area contributed by atoms with Crippen molar-refractivity contribution in [2.75, 3.05) is 18.4 Å². The van der Waals surface area contributed by atoms with Gasteiger partial charge in [0.1, 0.15) is 5.82 Å². The molecular weight excluding hydrogens is 261 g/mol. The maximum Gasteiger partial charge on any atom is 0.243 e. The van der Waals surface area contributed by atoms with E-state index in [1.54, 1.807) is 6.07 Å². The first kappa shape index (κ1) is 14.5. The quantitative estimate of drug-likeness (QED) is 0.771. The summed E-state index contributed by atoms with van der Waals surface area (Å²) < 4.78 is 12.9. The summed E-state index contributed by atoms with van der Waals surface area (Å²) in [5.74, 6) is -0.961. The minimum Gasteiger partial charge on any atom is -0.346 e. The number of amides is 2. The Bertz CT molecular complexity index is 487. The molecule has 1 heterocycles. The molecular formula is C14H18FN3O2. The van der Waals surface area contributed by atoms with Gasteiger partial charge in [0.05, 0.1) is 12.6 Å². The molecule has 0 radical (unpaired) electrons. The lowest BCUT2D eigenvalue weighted by Crippen LogP contribution is -2.48. The van der Waals surface area contributed by atoms with Crippen molar-refractivity contribution in [3.05, 3.63) is 30.1 Å². The van der Waals surface area contributed by atoms with Crippen molar-refractivity contribution >= 4 is 17.5 Å². The fourth-order valence-electron chi connectivity index (χ4n) is 2.14. The Kier molecular flexibility index (Phi) is 5.06. The molecule has 1 aliphatic rings. The van der Waals surface area contributed by atoms with Gasteiger partial charge in [0.2, 0.25) is 11.8 Å². The third-order valence-electron chi connectivity index (χ3n) is 3.16. The first-order valence-corrected chi connectivity index (χ1v) is 6.71. The largest absolute Gasteiger partial charge is 0.346 e. The van der Waals surface area contributed by atoms with Crippen molar-refractivity contribution < 1.29 is 14.0 Å². The van der Waals surface area contributed by atoms with Crippen molar-refractivity contribution in [3.63, 3.8) is 0 Å². The summed E-state index contributed by atoms with van der Waals surface area (Å²) in [6.07, 6.45) is 2.88. The molecule has 5 nitrogen and oxygen atoms in total. The molecule has 0 saturated carbocycles. The number of hydrogen-bond acceptors (Lipinski definition) is 3. The van der Waals surface area contributed by atoms with Crippen LogP contribution >= 0.6 is 0 Å². The average Bonchev–Trinajstić information content (AvgIpc) is 2.46. The van der Waals surface area contributed by atoms with Crippen molar-refractivity contribution in [1.29, 1.82) is 0 Å². The van der Waals surface area contributed by atoms with Gasteiger partial charge in [-0.25, -0.2) is 4.39 Å². The molecule has 1 aromatic carbocycles. The number of hydrogen-bond donors (Lipinski definition) is 3. The number of nitrogens with one attached hydrogen (secondary N) is 3. The molecule has 0 aromatic heterocycles. The van der Waals surface area contributed by atoms with Gasteiger partial charge in [-0.1, -0.05) is 12.5 Å². The minimum atomic E-state index is -0.418. The van der Waals surface area contributed by atoms with Crippen LogP contribution in [0.2, 0.25) is 0 Å². The van der Waals surface area contributed by atoms with Crippen molar-refractivity contribution in [2.24, 2.45) is 0 Å². The third kappa shape index (κ3) is 4.31. The molecule has 108 valence electrons. The first-order chi connectivity index (χ1) is 9.65. The summed E-state index contributed by atoms with van der Waals surface area (Å²) in [5.41, 5.74) is 0.375. The standard InChI is InChI=1S/C14H18FN3O2/c15-10-4-3-5-11(8-10)18-13(19)9-17-14(20)12-6-1-2-7-16-12/h3-5,8,12,16H,1-2,6-7,9H2,(H,17,20)(H,18,19). The molecule has 1 aliphatic heterocycles. The van der Waals surface area contributed by atoms with E-state index >= 15 is 0 Å². The molecule has 0 bridgehead atoms. The summed E-state index contributed by atoms with van der Waals surface area (Å²) in [4.78, 5) is 23.4. The van der Waals surface area contributed by atoms with Crippen LogP contribution in [0.1, 0.15) is 19.3 Å². The topological polar surface area (TPSA) is 70.2 Å². The maximum atomic E-state index is 12.9. The first-order valence-electron chi connectivity index (χ1n) is 6.71. The zero-order chi connectivity index (χ0) is 14.4. The van der Waals surface area contributed by atoms with Gasteiger partial charge in [-0.2, -0.15) is 0 Å². The van der Waals surface area contributed by atoms with Crippen LogP contribution in [0.15, 0.2) is 24.3 Å². The average molecular weight is 279 g/mol. The monoisotopic (exact) mass is 279 g/mol. The summed E-state index contributed by atoms with van der Waals surface area (Å²) in [7, 11) is 0. The van der Waals surface area contributed by atoms with Crippen LogP contribution < -0.4 is 16.0 Å². The number of carbonyl (C=O) groups is 2. The minimum absolute atomic E-state index is 0.118. The molecule has 1 atom stereocenters. The second-order valence-corrected chi connectivity index (χ2v) is 4.78. The van der Waals surface area contributed by atoms with Crippen molar-refractivity contribution in [3.8, 4) is 0 Å². The van der Waals surface area contributed by atoms with Gasteiger partial charge < -0.3 is 16.0 Å². The van der Waals surface area contributed by atoms with E-state index in [4.69, 9.17) is 0 Å². The van der Waals surface area contributed by atoms with Gasteiger partial charge >= 0.3 is 0 Å². The molecule has 3 N–H and O–H groups in total. The SMILES string of the molecule is O=C(CNC(=O)C1CCCCN1)Nc1cccc(F)c1. The van der Waals surface area contributed by atoms with E-state index in [1.165, 1.54) is 18.2 Å². The summed E-state index contributed by atoms with van der Waals surface area (Å²) in [5, 5.41) is 8.21. The van der Waals surface area contributed by atoms with Crippen molar-refractivity contribution in [1.82, 2.24) is 10.6 Å². The number of anilines is 1. The van der Waals surface area contributed by atoms with Gasteiger partial charge in [-0.15, -0.1) is 0 Å². The van der Waals surface area contributed by atoms with E-state index in [9.17, 15) is 14.0 Å². The third-order valence-corrected chi connectivity index (χ3v) is 3.16. The predicted molar refractivity (Wildman–Crippen MR) is 73.7 cm³/mol. The van der Waals surface area contributed by atoms with Crippen LogP contribution in [0.3, 0.4) is 0 Å². The molecule has 6 heteroatoms. The van der Waals surface area contributed by atoms with Gasteiger partial charge in [-0.05, 0) is 37.6 Å². The number of piperidine rings is 1. The fourth-order valence-corrected chi connectivity index (χ4v) is 2.14. The Morgan fingerprint density at radius 3 is 2.90 bits per heavy atom. The number of halogens is 1. The summed E-state index contributed by atoms with van der Waals surface area (Å²) in [6.45, 7) is 0.709. The zero-order valence-corrected chi connectivity index (χ0v) is 11.1. The smallest absolute Gasteiger partial charge is 0.243 e. The molecule has 20 heavy (non-hydrogen) atoms.